The lowest BCUT2D eigenvalue weighted by molar-refractivity contribution is -0.384. The molecular weight excluding hydrogens is 435 g/mol. The predicted octanol–water partition coefficient (Wildman–Crippen LogP) is 5.37. The number of anilines is 1. The molecule has 0 spiro atoms. The Bertz CT molecular complexity index is 959. The lowest BCUT2D eigenvalue weighted by Crippen LogP contribution is -2.48. The van der Waals surface area contributed by atoms with Crippen LogP contribution in [0.1, 0.15) is 44.1 Å². The average molecular weight is 469 g/mol. The number of piperidine rings is 1. The largest absolute Gasteiger partial charge is 0.335 e. The molecule has 2 fully saturated rings. The second-order valence-corrected chi connectivity index (χ2v) is 9.63. The zero-order valence-corrected chi connectivity index (χ0v) is 19.4. The number of hydrogen-bond acceptors (Lipinski definition) is 4. The number of benzene rings is 2. The van der Waals surface area contributed by atoms with Crippen LogP contribution in [0.25, 0.3) is 0 Å². The molecule has 1 aliphatic heterocycles. The number of carbonyl (C=O) groups excluding carboxylic acids is 1. The van der Waals surface area contributed by atoms with Gasteiger partial charge in [-0.2, -0.15) is 0 Å². The quantitative estimate of drug-likeness (QED) is 0.422. The number of halogens is 1. The van der Waals surface area contributed by atoms with E-state index in [1.54, 1.807) is 24.3 Å². The van der Waals surface area contributed by atoms with Crippen LogP contribution in [0.15, 0.2) is 48.5 Å². The Morgan fingerprint density at radius 2 is 1.68 bits per heavy atom. The van der Waals surface area contributed by atoms with Crippen molar-refractivity contribution in [3.63, 3.8) is 0 Å². The van der Waals surface area contributed by atoms with Crippen molar-refractivity contribution in [2.24, 2.45) is 11.8 Å². The fourth-order valence-electron chi connectivity index (χ4n) is 5.28. The first kappa shape index (κ1) is 24.1. The van der Waals surface area contributed by atoms with Crippen LogP contribution in [0.5, 0.6) is 0 Å². The maximum atomic E-state index is 13.1. The van der Waals surface area contributed by atoms with Crippen molar-refractivity contribution in [1.29, 1.82) is 0 Å². The molecule has 0 aromatic heterocycles. The van der Waals surface area contributed by atoms with Crippen LogP contribution in [-0.4, -0.2) is 41.5 Å². The van der Waals surface area contributed by atoms with Crippen molar-refractivity contribution in [2.45, 2.75) is 51.0 Å². The minimum Gasteiger partial charge on any atom is -0.335 e. The van der Waals surface area contributed by atoms with Gasteiger partial charge < -0.3 is 15.5 Å². The van der Waals surface area contributed by atoms with E-state index in [1.807, 2.05) is 12.1 Å². The number of rotatable bonds is 7. The number of nitrogens with zero attached hydrogens (tertiary/aromatic N) is 2. The molecule has 0 radical (unpaired) electrons. The molecule has 1 heterocycles. The minimum atomic E-state index is -0.456. The Kier molecular flexibility index (Phi) is 8.11. The van der Waals surface area contributed by atoms with Gasteiger partial charge in [0.25, 0.3) is 5.69 Å². The molecule has 1 saturated carbocycles. The Hall–Kier alpha value is -3.00. The Morgan fingerprint density at radius 3 is 2.35 bits per heavy atom. The fourth-order valence-corrected chi connectivity index (χ4v) is 5.28. The monoisotopic (exact) mass is 468 g/mol. The summed E-state index contributed by atoms with van der Waals surface area (Å²) in [5.74, 6) is 0.870. The first-order chi connectivity index (χ1) is 16.5. The van der Waals surface area contributed by atoms with Crippen LogP contribution in [0.2, 0.25) is 0 Å². The van der Waals surface area contributed by atoms with Gasteiger partial charge in [0.2, 0.25) is 0 Å². The van der Waals surface area contributed by atoms with Crippen molar-refractivity contribution in [1.82, 2.24) is 10.2 Å². The molecule has 2 atom stereocenters. The van der Waals surface area contributed by atoms with Gasteiger partial charge in [-0.3, -0.25) is 10.1 Å². The van der Waals surface area contributed by atoms with Gasteiger partial charge in [0.15, 0.2) is 0 Å². The summed E-state index contributed by atoms with van der Waals surface area (Å²) >= 11 is 0. The van der Waals surface area contributed by atoms with Crippen LogP contribution in [-0.2, 0) is 6.42 Å². The number of amides is 2. The van der Waals surface area contributed by atoms with E-state index < -0.39 is 4.92 Å². The highest BCUT2D eigenvalue weighted by molar-refractivity contribution is 5.89. The lowest BCUT2D eigenvalue weighted by atomic mass is 9.83. The maximum Gasteiger partial charge on any atom is 0.319 e. The van der Waals surface area contributed by atoms with Gasteiger partial charge in [-0.25, -0.2) is 9.18 Å². The minimum absolute atomic E-state index is 0.000242. The van der Waals surface area contributed by atoms with Crippen molar-refractivity contribution in [2.75, 3.05) is 25.0 Å². The molecule has 0 bridgehead atoms. The molecule has 8 heteroatoms. The fraction of sp³-hybridized carbons (Fsp3) is 0.500. The van der Waals surface area contributed by atoms with Crippen LogP contribution in [0, 0.1) is 27.8 Å². The standard InChI is InChI=1S/C26H33FN4O3/c27-22-7-5-19(6-8-22)17-20-13-15-30(16-14-20)18-21-3-1-2-4-25(21)29-26(32)28-23-9-11-24(12-10-23)31(33)34/h5-12,20-21,25H,1-4,13-18H2,(H2,28,29,32). The highest BCUT2D eigenvalue weighted by Crippen LogP contribution is 2.28. The van der Waals surface area contributed by atoms with E-state index >= 15 is 0 Å². The molecule has 1 saturated heterocycles. The summed E-state index contributed by atoms with van der Waals surface area (Å²) in [6, 6.07) is 12.6. The van der Waals surface area contributed by atoms with E-state index in [0.29, 0.717) is 17.5 Å². The van der Waals surface area contributed by atoms with Crippen molar-refractivity contribution < 1.29 is 14.1 Å². The number of nitro benzene ring substituents is 1. The molecule has 2 aromatic rings. The Balaban J connectivity index is 1.24. The molecule has 2 unspecified atom stereocenters. The van der Waals surface area contributed by atoms with Gasteiger partial charge >= 0.3 is 6.03 Å². The first-order valence-electron chi connectivity index (χ1n) is 12.2. The molecule has 1 aliphatic carbocycles. The van der Waals surface area contributed by atoms with Crippen molar-refractivity contribution in [3.8, 4) is 0 Å². The van der Waals surface area contributed by atoms with E-state index in [-0.39, 0.29) is 23.6 Å². The molecule has 4 rings (SSSR count). The normalized spacial score (nSPS) is 21.7. The first-order valence-corrected chi connectivity index (χ1v) is 12.2. The third-order valence-electron chi connectivity index (χ3n) is 7.20. The zero-order valence-electron chi connectivity index (χ0n) is 19.4. The zero-order chi connectivity index (χ0) is 23.9. The maximum absolute atomic E-state index is 13.1. The highest BCUT2D eigenvalue weighted by atomic mass is 19.1. The van der Waals surface area contributed by atoms with Gasteiger partial charge in [0.1, 0.15) is 5.82 Å². The summed E-state index contributed by atoms with van der Waals surface area (Å²) in [7, 11) is 0. The van der Waals surface area contributed by atoms with Gasteiger partial charge in [0, 0.05) is 30.4 Å². The second kappa shape index (κ2) is 11.4. The molecule has 2 N–H and O–H groups in total. The summed E-state index contributed by atoms with van der Waals surface area (Å²) in [5.41, 5.74) is 1.74. The Labute approximate surface area is 199 Å². The molecule has 34 heavy (non-hydrogen) atoms. The number of urea groups is 1. The van der Waals surface area contributed by atoms with Gasteiger partial charge in [0.05, 0.1) is 4.92 Å². The van der Waals surface area contributed by atoms with Crippen LogP contribution < -0.4 is 10.6 Å². The summed E-state index contributed by atoms with van der Waals surface area (Å²) in [5, 5.41) is 16.7. The molecule has 7 nitrogen and oxygen atoms in total. The van der Waals surface area contributed by atoms with E-state index in [0.717, 1.165) is 58.2 Å². The average Bonchev–Trinajstić information content (AvgIpc) is 2.83. The number of hydrogen-bond donors (Lipinski definition) is 2. The topological polar surface area (TPSA) is 87.5 Å². The van der Waals surface area contributed by atoms with Crippen molar-refractivity contribution in [3.05, 3.63) is 70.0 Å². The molecule has 2 aliphatic rings. The lowest BCUT2D eigenvalue weighted by Gasteiger charge is -2.39. The summed E-state index contributed by atoms with van der Waals surface area (Å²) < 4.78 is 13.1. The number of nitrogens with one attached hydrogen (secondary N) is 2. The van der Waals surface area contributed by atoms with Crippen LogP contribution in [0.4, 0.5) is 20.6 Å². The highest BCUT2D eigenvalue weighted by Gasteiger charge is 2.30. The van der Waals surface area contributed by atoms with E-state index in [2.05, 4.69) is 15.5 Å². The third kappa shape index (κ3) is 6.76. The molecular formula is C26H33FN4O3. The number of likely N-dealkylation sites (tertiary alicyclic amines) is 1. The third-order valence-corrected chi connectivity index (χ3v) is 7.20. The van der Waals surface area contributed by atoms with Gasteiger partial charge in [-0.15, -0.1) is 0 Å². The van der Waals surface area contributed by atoms with Gasteiger partial charge in [-0.05, 0) is 86.9 Å². The predicted molar refractivity (Wildman–Crippen MR) is 130 cm³/mol. The van der Waals surface area contributed by atoms with E-state index in [4.69, 9.17) is 0 Å². The second-order valence-electron chi connectivity index (χ2n) is 9.63. The summed E-state index contributed by atoms with van der Waals surface area (Å²) in [4.78, 5) is 25.5. The number of carbonyl (C=O) groups is 1. The number of non-ortho nitro benzene ring substituents is 1. The molecule has 182 valence electrons. The summed E-state index contributed by atoms with van der Waals surface area (Å²) in [6.45, 7) is 3.11. The van der Waals surface area contributed by atoms with Crippen molar-refractivity contribution >= 4 is 17.4 Å². The van der Waals surface area contributed by atoms with Gasteiger partial charge in [-0.1, -0.05) is 25.0 Å². The smallest absolute Gasteiger partial charge is 0.319 e. The van der Waals surface area contributed by atoms with Crippen LogP contribution in [0.3, 0.4) is 0 Å². The van der Waals surface area contributed by atoms with E-state index in [1.165, 1.54) is 24.1 Å². The summed E-state index contributed by atoms with van der Waals surface area (Å²) in [6.07, 6.45) is 7.67. The Morgan fingerprint density at radius 1 is 1.00 bits per heavy atom. The number of nitro groups is 1. The molecule has 2 amide bonds. The molecule has 2 aromatic carbocycles. The van der Waals surface area contributed by atoms with E-state index in [9.17, 15) is 19.3 Å². The SMILES string of the molecule is O=C(Nc1ccc([N+](=O)[O-])cc1)NC1CCCCC1CN1CCC(Cc2ccc(F)cc2)CC1. The van der Waals surface area contributed by atoms with Crippen LogP contribution >= 0.6 is 0 Å².